The van der Waals surface area contributed by atoms with Gasteiger partial charge in [0.1, 0.15) is 5.75 Å². The highest BCUT2D eigenvalue weighted by Crippen LogP contribution is 2.31. The van der Waals surface area contributed by atoms with E-state index in [0.717, 1.165) is 16.9 Å². The molecule has 0 fully saturated rings. The molecular formula is C15H15Cl2NO. The van der Waals surface area contributed by atoms with Gasteiger partial charge in [-0.25, -0.2) is 0 Å². The van der Waals surface area contributed by atoms with E-state index in [1.165, 1.54) is 0 Å². The Hall–Kier alpha value is -1.22. The zero-order valence-corrected chi connectivity index (χ0v) is 12.1. The predicted octanol–water partition coefficient (Wildman–Crippen LogP) is 4.24. The van der Waals surface area contributed by atoms with Crippen LogP contribution in [0.15, 0.2) is 42.5 Å². The van der Waals surface area contributed by atoms with Crippen LogP contribution in [0, 0.1) is 0 Å². The quantitative estimate of drug-likeness (QED) is 0.915. The van der Waals surface area contributed by atoms with Crippen molar-refractivity contribution in [2.24, 2.45) is 5.73 Å². The summed E-state index contributed by atoms with van der Waals surface area (Å²) >= 11 is 12.2. The Morgan fingerprint density at radius 1 is 1.11 bits per heavy atom. The Morgan fingerprint density at radius 2 is 1.84 bits per heavy atom. The molecule has 0 aromatic heterocycles. The first-order chi connectivity index (χ1) is 9.13. The topological polar surface area (TPSA) is 35.2 Å². The normalized spacial score (nSPS) is 12.2. The van der Waals surface area contributed by atoms with E-state index in [1.54, 1.807) is 13.2 Å². The van der Waals surface area contributed by atoms with Crippen LogP contribution in [0.4, 0.5) is 0 Å². The van der Waals surface area contributed by atoms with Gasteiger partial charge in [-0.05, 0) is 24.1 Å². The minimum absolute atomic E-state index is 0.188. The number of benzene rings is 2. The van der Waals surface area contributed by atoms with Crippen molar-refractivity contribution in [1.82, 2.24) is 0 Å². The van der Waals surface area contributed by atoms with E-state index in [4.69, 9.17) is 33.7 Å². The van der Waals surface area contributed by atoms with Crippen LogP contribution in [0.5, 0.6) is 5.75 Å². The fraction of sp³-hybridized carbons (Fsp3) is 0.200. The molecule has 0 aliphatic carbocycles. The molecular weight excluding hydrogens is 281 g/mol. The molecule has 2 aromatic rings. The van der Waals surface area contributed by atoms with E-state index >= 15 is 0 Å². The van der Waals surface area contributed by atoms with Gasteiger partial charge in [-0.2, -0.15) is 0 Å². The lowest BCUT2D eigenvalue weighted by Crippen LogP contribution is -2.14. The number of halogens is 2. The molecule has 0 aliphatic rings. The maximum Gasteiger partial charge on any atom is 0.123 e. The van der Waals surface area contributed by atoms with Crippen molar-refractivity contribution < 1.29 is 4.74 Å². The van der Waals surface area contributed by atoms with E-state index in [-0.39, 0.29) is 6.04 Å². The third kappa shape index (κ3) is 3.21. The molecule has 0 bridgehead atoms. The van der Waals surface area contributed by atoms with Crippen LogP contribution in [0.3, 0.4) is 0 Å². The van der Waals surface area contributed by atoms with E-state index in [9.17, 15) is 0 Å². The van der Waals surface area contributed by atoms with E-state index in [2.05, 4.69) is 0 Å². The highest BCUT2D eigenvalue weighted by molar-refractivity contribution is 6.42. The van der Waals surface area contributed by atoms with E-state index in [1.807, 2.05) is 36.4 Å². The molecule has 0 aliphatic heterocycles. The standard InChI is InChI=1S/C15H15Cl2NO/c1-19-14-8-3-2-6-11(14)13(18)9-10-5-4-7-12(16)15(10)17/h2-8,13H,9,18H2,1H3. The number of nitrogens with two attached hydrogens (primary N) is 1. The lowest BCUT2D eigenvalue weighted by molar-refractivity contribution is 0.405. The van der Waals surface area contributed by atoms with Gasteiger partial charge in [0.05, 0.1) is 17.2 Å². The molecule has 1 unspecified atom stereocenters. The van der Waals surface area contributed by atoms with E-state index in [0.29, 0.717) is 16.5 Å². The maximum absolute atomic E-state index is 6.24. The van der Waals surface area contributed by atoms with Gasteiger partial charge in [0.15, 0.2) is 0 Å². The van der Waals surface area contributed by atoms with Crippen molar-refractivity contribution in [3.8, 4) is 5.75 Å². The Balaban J connectivity index is 2.26. The van der Waals surface area contributed by atoms with Crippen LogP contribution in [0.1, 0.15) is 17.2 Å². The van der Waals surface area contributed by atoms with Crippen LogP contribution in [-0.2, 0) is 6.42 Å². The molecule has 1 atom stereocenters. The smallest absolute Gasteiger partial charge is 0.123 e. The van der Waals surface area contributed by atoms with Gasteiger partial charge in [0.2, 0.25) is 0 Å². The van der Waals surface area contributed by atoms with Crippen molar-refractivity contribution in [2.75, 3.05) is 7.11 Å². The highest BCUT2D eigenvalue weighted by Gasteiger charge is 2.14. The van der Waals surface area contributed by atoms with Crippen LogP contribution in [-0.4, -0.2) is 7.11 Å². The predicted molar refractivity (Wildman–Crippen MR) is 80.1 cm³/mol. The molecule has 0 saturated heterocycles. The van der Waals surface area contributed by atoms with Crippen molar-refractivity contribution in [3.63, 3.8) is 0 Å². The molecule has 0 amide bonds. The first kappa shape index (κ1) is 14.2. The second-order valence-electron chi connectivity index (χ2n) is 4.27. The van der Waals surface area contributed by atoms with Crippen LogP contribution in [0.25, 0.3) is 0 Å². The summed E-state index contributed by atoms with van der Waals surface area (Å²) in [4.78, 5) is 0. The van der Waals surface area contributed by atoms with Crippen LogP contribution >= 0.6 is 23.2 Å². The van der Waals surface area contributed by atoms with Gasteiger partial charge in [0.25, 0.3) is 0 Å². The lowest BCUT2D eigenvalue weighted by Gasteiger charge is -2.16. The second kappa shape index (κ2) is 6.29. The summed E-state index contributed by atoms with van der Waals surface area (Å²) in [6, 6.07) is 13.1. The Kier molecular flexibility index (Phi) is 4.70. The minimum atomic E-state index is -0.188. The highest BCUT2D eigenvalue weighted by atomic mass is 35.5. The molecule has 0 radical (unpaired) electrons. The first-order valence-electron chi connectivity index (χ1n) is 5.95. The van der Waals surface area contributed by atoms with Gasteiger partial charge in [-0.15, -0.1) is 0 Å². The number of methoxy groups -OCH3 is 1. The fourth-order valence-electron chi connectivity index (χ4n) is 2.03. The van der Waals surface area contributed by atoms with Gasteiger partial charge in [-0.1, -0.05) is 53.5 Å². The molecule has 0 spiro atoms. The first-order valence-corrected chi connectivity index (χ1v) is 6.70. The van der Waals surface area contributed by atoms with Crippen molar-refractivity contribution in [2.45, 2.75) is 12.5 Å². The van der Waals surface area contributed by atoms with Crippen LogP contribution in [0.2, 0.25) is 10.0 Å². The zero-order valence-electron chi connectivity index (χ0n) is 10.6. The Bertz CT molecular complexity index is 572. The van der Waals surface area contributed by atoms with Gasteiger partial charge >= 0.3 is 0 Å². The second-order valence-corrected chi connectivity index (χ2v) is 5.05. The summed E-state index contributed by atoms with van der Waals surface area (Å²) in [7, 11) is 1.64. The largest absolute Gasteiger partial charge is 0.496 e. The molecule has 2 aromatic carbocycles. The van der Waals surface area contributed by atoms with Gasteiger partial charge in [0, 0.05) is 11.6 Å². The molecule has 4 heteroatoms. The number of para-hydroxylation sites is 1. The number of hydrogen-bond donors (Lipinski definition) is 1. The summed E-state index contributed by atoms with van der Waals surface area (Å²) < 4.78 is 5.32. The molecule has 2 nitrogen and oxygen atoms in total. The zero-order chi connectivity index (χ0) is 13.8. The average Bonchev–Trinajstić information content (AvgIpc) is 2.43. The van der Waals surface area contributed by atoms with Crippen LogP contribution < -0.4 is 10.5 Å². The maximum atomic E-state index is 6.24. The summed E-state index contributed by atoms with van der Waals surface area (Å²) in [6.45, 7) is 0. The Morgan fingerprint density at radius 3 is 2.58 bits per heavy atom. The molecule has 0 saturated carbocycles. The van der Waals surface area contributed by atoms with Crippen molar-refractivity contribution >= 4 is 23.2 Å². The number of rotatable bonds is 4. The molecule has 2 N–H and O–H groups in total. The molecule has 100 valence electrons. The third-order valence-corrected chi connectivity index (χ3v) is 3.87. The van der Waals surface area contributed by atoms with Crippen molar-refractivity contribution in [1.29, 1.82) is 0 Å². The molecule has 2 rings (SSSR count). The molecule has 19 heavy (non-hydrogen) atoms. The average molecular weight is 296 g/mol. The third-order valence-electron chi connectivity index (χ3n) is 3.01. The van der Waals surface area contributed by atoms with Crippen molar-refractivity contribution in [3.05, 3.63) is 63.6 Å². The minimum Gasteiger partial charge on any atom is -0.496 e. The summed E-state index contributed by atoms with van der Waals surface area (Å²) in [5, 5.41) is 1.11. The lowest BCUT2D eigenvalue weighted by atomic mass is 9.99. The number of hydrogen-bond acceptors (Lipinski definition) is 2. The van der Waals surface area contributed by atoms with Gasteiger partial charge < -0.3 is 10.5 Å². The fourth-order valence-corrected chi connectivity index (χ4v) is 2.42. The molecule has 0 heterocycles. The SMILES string of the molecule is COc1ccccc1C(N)Cc1cccc(Cl)c1Cl. The number of ether oxygens (including phenoxy) is 1. The monoisotopic (exact) mass is 295 g/mol. The Labute approximate surface area is 123 Å². The summed E-state index contributed by atoms with van der Waals surface area (Å²) in [5.74, 6) is 0.785. The van der Waals surface area contributed by atoms with E-state index < -0.39 is 0 Å². The summed E-state index contributed by atoms with van der Waals surface area (Å²) in [5.41, 5.74) is 8.14. The van der Waals surface area contributed by atoms with Gasteiger partial charge in [-0.3, -0.25) is 0 Å². The summed E-state index contributed by atoms with van der Waals surface area (Å²) in [6.07, 6.45) is 0.611.